The second-order valence-electron chi connectivity index (χ2n) is 6.21. The van der Waals surface area contributed by atoms with Crippen LogP contribution in [-0.2, 0) is 19.0 Å². The van der Waals surface area contributed by atoms with Gasteiger partial charge in [0.15, 0.2) is 0 Å². The predicted molar refractivity (Wildman–Crippen MR) is 76.6 cm³/mol. The van der Waals surface area contributed by atoms with Gasteiger partial charge in [0.05, 0.1) is 24.2 Å². The third-order valence-corrected chi connectivity index (χ3v) is 5.26. The standard InChI is InChI=1S/C16H28O4/c1-14(17)15-7-3-5-9-16(15,10-6-4-8-15)20-13-19-12-11-18-2/h3-13H2,1-2H3. The molecule has 2 fully saturated rings. The highest BCUT2D eigenvalue weighted by atomic mass is 16.7. The Morgan fingerprint density at radius 2 is 1.60 bits per heavy atom. The van der Waals surface area contributed by atoms with E-state index in [-0.39, 0.29) is 17.8 Å². The first-order valence-corrected chi connectivity index (χ1v) is 7.89. The molecule has 4 heteroatoms. The van der Waals surface area contributed by atoms with Crippen LogP contribution < -0.4 is 0 Å². The van der Waals surface area contributed by atoms with Gasteiger partial charge in [0.25, 0.3) is 0 Å². The predicted octanol–water partition coefficient (Wildman–Crippen LogP) is 3.09. The molecule has 2 saturated carbocycles. The lowest BCUT2D eigenvalue weighted by Gasteiger charge is -2.54. The first-order valence-electron chi connectivity index (χ1n) is 7.89. The summed E-state index contributed by atoms with van der Waals surface area (Å²) in [6, 6.07) is 0. The summed E-state index contributed by atoms with van der Waals surface area (Å²) >= 11 is 0. The molecule has 0 bridgehead atoms. The maximum Gasteiger partial charge on any atom is 0.147 e. The summed E-state index contributed by atoms with van der Waals surface area (Å²) in [5.41, 5.74) is -0.531. The van der Waals surface area contributed by atoms with Crippen molar-refractivity contribution in [2.24, 2.45) is 5.41 Å². The van der Waals surface area contributed by atoms with Gasteiger partial charge in [0.1, 0.15) is 12.6 Å². The second kappa shape index (κ2) is 7.01. The molecule has 0 saturated heterocycles. The summed E-state index contributed by atoms with van der Waals surface area (Å²) in [7, 11) is 1.66. The Balaban J connectivity index is 2.04. The number of carbonyl (C=O) groups excluding carboxylic acids is 1. The molecule has 2 rings (SSSR count). The van der Waals surface area contributed by atoms with E-state index < -0.39 is 0 Å². The van der Waals surface area contributed by atoms with Crippen LogP contribution in [0.1, 0.15) is 58.3 Å². The monoisotopic (exact) mass is 284 g/mol. The number of rotatable bonds is 7. The average molecular weight is 284 g/mol. The fourth-order valence-corrected chi connectivity index (χ4v) is 4.17. The Labute approximate surface area is 122 Å². The van der Waals surface area contributed by atoms with Crippen molar-refractivity contribution >= 4 is 5.78 Å². The van der Waals surface area contributed by atoms with E-state index in [1.807, 2.05) is 0 Å². The third kappa shape index (κ3) is 2.92. The lowest BCUT2D eigenvalue weighted by molar-refractivity contribution is -0.224. The van der Waals surface area contributed by atoms with Crippen molar-refractivity contribution in [2.45, 2.75) is 63.9 Å². The van der Waals surface area contributed by atoms with Crippen LogP contribution in [0.4, 0.5) is 0 Å². The Bertz CT molecular complexity index is 314. The summed E-state index contributed by atoms with van der Waals surface area (Å²) in [4.78, 5) is 12.4. The van der Waals surface area contributed by atoms with Crippen molar-refractivity contribution in [3.8, 4) is 0 Å². The molecule has 2 aliphatic rings. The van der Waals surface area contributed by atoms with Gasteiger partial charge >= 0.3 is 0 Å². The van der Waals surface area contributed by atoms with E-state index in [0.29, 0.717) is 19.0 Å². The summed E-state index contributed by atoms with van der Waals surface area (Å²) in [5.74, 6) is 0.314. The minimum absolute atomic E-state index is 0.256. The first-order chi connectivity index (χ1) is 9.67. The van der Waals surface area contributed by atoms with Crippen molar-refractivity contribution in [3.05, 3.63) is 0 Å². The average Bonchev–Trinajstić information content (AvgIpc) is 2.46. The highest BCUT2D eigenvalue weighted by Crippen LogP contribution is 2.55. The molecule has 0 spiro atoms. The number of hydrogen-bond acceptors (Lipinski definition) is 4. The van der Waals surface area contributed by atoms with E-state index in [2.05, 4.69) is 0 Å². The number of Topliss-reactive ketones (excluding diaryl/α,β-unsaturated/α-hetero) is 1. The fraction of sp³-hybridized carbons (Fsp3) is 0.938. The van der Waals surface area contributed by atoms with E-state index in [4.69, 9.17) is 14.2 Å². The largest absolute Gasteiger partial charge is 0.382 e. The molecule has 0 aromatic heterocycles. The molecule has 20 heavy (non-hydrogen) atoms. The van der Waals surface area contributed by atoms with Gasteiger partial charge in [-0.3, -0.25) is 4.79 Å². The van der Waals surface area contributed by atoms with Crippen molar-refractivity contribution < 1.29 is 19.0 Å². The number of ether oxygens (including phenoxy) is 3. The zero-order valence-corrected chi connectivity index (χ0v) is 12.9. The van der Waals surface area contributed by atoms with Crippen molar-refractivity contribution in [1.29, 1.82) is 0 Å². The van der Waals surface area contributed by atoms with Gasteiger partial charge in [0.2, 0.25) is 0 Å². The van der Waals surface area contributed by atoms with E-state index >= 15 is 0 Å². The van der Waals surface area contributed by atoms with E-state index in [1.165, 1.54) is 0 Å². The van der Waals surface area contributed by atoms with Crippen LogP contribution >= 0.6 is 0 Å². The fourth-order valence-electron chi connectivity index (χ4n) is 4.17. The topological polar surface area (TPSA) is 44.8 Å². The minimum atomic E-state index is -0.275. The van der Waals surface area contributed by atoms with Gasteiger partial charge in [-0.05, 0) is 32.6 Å². The summed E-state index contributed by atoms with van der Waals surface area (Å²) in [6.45, 7) is 3.15. The van der Waals surface area contributed by atoms with E-state index in [0.717, 1.165) is 51.4 Å². The maximum absolute atomic E-state index is 12.4. The molecule has 0 aromatic carbocycles. The quantitative estimate of drug-likeness (QED) is 0.532. The van der Waals surface area contributed by atoms with Crippen molar-refractivity contribution in [2.75, 3.05) is 27.1 Å². The molecular formula is C16H28O4. The second-order valence-corrected chi connectivity index (χ2v) is 6.21. The van der Waals surface area contributed by atoms with Gasteiger partial charge in [0, 0.05) is 7.11 Å². The molecule has 0 aliphatic heterocycles. The Morgan fingerprint density at radius 1 is 1.00 bits per heavy atom. The molecule has 0 unspecified atom stereocenters. The van der Waals surface area contributed by atoms with Gasteiger partial charge in [-0.25, -0.2) is 0 Å². The lowest BCUT2D eigenvalue weighted by atomic mass is 9.54. The van der Waals surface area contributed by atoms with Gasteiger partial charge < -0.3 is 14.2 Å². The number of ketones is 1. The van der Waals surface area contributed by atoms with Crippen LogP contribution in [0.25, 0.3) is 0 Å². The third-order valence-electron chi connectivity index (χ3n) is 5.26. The number of methoxy groups -OCH3 is 1. The summed E-state index contributed by atoms with van der Waals surface area (Å²) < 4.78 is 16.6. The normalized spacial score (nSPS) is 33.7. The molecule has 0 amide bonds. The molecular weight excluding hydrogens is 256 g/mol. The van der Waals surface area contributed by atoms with Crippen molar-refractivity contribution in [1.82, 2.24) is 0 Å². The van der Waals surface area contributed by atoms with Crippen LogP contribution in [0, 0.1) is 5.41 Å². The maximum atomic E-state index is 12.4. The summed E-state index contributed by atoms with van der Waals surface area (Å²) in [6.07, 6.45) is 8.59. The molecule has 116 valence electrons. The molecule has 4 nitrogen and oxygen atoms in total. The lowest BCUT2D eigenvalue weighted by Crippen LogP contribution is -2.58. The molecule has 0 heterocycles. The van der Waals surface area contributed by atoms with Gasteiger partial charge in [-0.1, -0.05) is 25.7 Å². The van der Waals surface area contributed by atoms with Gasteiger partial charge in [-0.2, -0.15) is 0 Å². The first kappa shape index (κ1) is 15.9. The van der Waals surface area contributed by atoms with Crippen LogP contribution in [0.3, 0.4) is 0 Å². The Morgan fingerprint density at radius 3 is 2.15 bits per heavy atom. The zero-order chi connectivity index (χ0) is 14.5. The van der Waals surface area contributed by atoms with Crippen LogP contribution in [-0.4, -0.2) is 38.5 Å². The molecule has 2 aliphatic carbocycles. The molecule has 0 radical (unpaired) electrons. The minimum Gasteiger partial charge on any atom is -0.382 e. The molecule has 0 aromatic rings. The smallest absolute Gasteiger partial charge is 0.147 e. The Kier molecular flexibility index (Phi) is 5.58. The zero-order valence-electron chi connectivity index (χ0n) is 12.9. The van der Waals surface area contributed by atoms with E-state index in [1.54, 1.807) is 14.0 Å². The van der Waals surface area contributed by atoms with Crippen LogP contribution in [0.15, 0.2) is 0 Å². The highest BCUT2D eigenvalue weighted by Gasteiger charge is 2.57. The van der Waals surface area contributed by atoms with Crippen LogP contribution in [0.5, 0.6) is 0 Å². The SMILES string of the molecule is COCCOCOC12CCCCC1(C(C)=O)CCCC2. The van der Waals surface area contributed by atoms with Crippen LogP contribution in [0.2, 0.25) is 0 Å². The molecule has 0 N–H and O–H groups in total. The highest BCUT2D eigenvalue weighted by molar-refractivity contribution is 5.84. The Hall–Kier alpha value is -0.450. The summed E-state index contributed by atoms with van der Waals surface area (Å²) in [5, 5.41) is 0. The molecule has 0 atom stereocenters. The number of fused-ring (bicyclic) bond motifs is 1. The van der Waals surface area contributed by atoms with Gasteiger partial charge in [-0.15, -0.1) is 0 Å². The van der Waals surface area contributed by atoms with Crippen molar-refractivity contribution in [3.63, 3.8) is 0 Å². The number of carbonyl (C=O) groups is 1. The number of hydrogen-bond donors (Lipinski definition) is 0. The van der Waals surface area contributed by atoms with E-state index in [9.17, 15) is 4.79 Å².